The van der Waals surface area contributed by atoms with E-state index in [-0.39, 0.29) is 17.5 Å². The molecule has 2 heterocycles. The molecule has 4 nitrogen and oxygen atoms in total. The SMILES string of the molecule is CCCC1(C(=O)OCC2CCCO2)CCNC1. The lowest BCUT2D eigenvalue weighted by atomic mass is 9.82. The van der Waals surface area contributed by atoms with Crippen molar-refractivity contribution in [1.82, 2.24) is 5.32 Å². The van der Waals surface area contributed by atoms with Crippen LogP contribution in [0.15, 0.2) is 0 Å². The fourth-order valence-electron chi connectivity index (χ4n) is 2.81. The number of nitrogens with one attached hydrogen (secondary N) is 1. The highest BCUT2D eigenvalue weighted by Crippen LogP contribution is 2.32. The molecule has 2 rings (SSSR count). The van der Waals surface area contributed by atoms with Crippen LogP contribution in [0.3, 0.4) is 0 Å². The molecule has 2 atom stereocenters. The van der Waals surface area contributed by atoms with Gasteiger partial charge in [-0.2, -0.15) is 0 Å². The van der Waals surface area contributed by atoms with Gasteiger partial charge < -0.3 is 14.8 Å². The molecule has 0 aromatic carbocycles. The van der Waals surface area contributed by atoms with Crippen molar-refractivity contribution < 1.29 is 14.3 Å². The van der Waals surface area contributed by atoms with E-state index in [4.69, 9.17) is 9.47 Å². The average Bonchev–Trinajstić information content (AvgIpc) is 2.97. The molecule has 2 aliphatic rings. The molecule has 0 aliphatic carbocycles. The third-order valence-corrected chi connectivity index (χ3v) is 3.83. The third-order valence-electron chi connectivity index (χ3n) is 3.83. The summed E-state index contributed by atoms with van der Waals surface area (Å²) in [6.07, 6.45) is 5.09. The van der Waals surface area contributed by atoms with Gasteiger partial charge in [0.15, 0.2) is 0 Å². The Morgan fingerprint density at radius 1 is 1.59 bits per heavy atom. The highest BCUT2D eigenvalue weighted by atomic mass is 16.6. The van der Waals surface area contributed by atoms with E-state index in [0.717, 1.165) is 51.8 Å². The second-order valence-electron chi connectivity index (χ2n) is 5.19. The van der Waals surface area contributed by atoms with E-state index in [1.54, 1.807) is 0 Å². The summed E-state index contributed by atoms with van der Waals surface area (Å²) >= 11 is 0. The van der Waals surface area contributed by atoms with Crippen LogP contribution < -0.4 is 5.32 Å². The molecule has 0 saturated carbocycles. The average molecular weight is 241 g/mol. The van der Waals surface area contributed by atoms with Crippen molar-refractivity contribution in [2.75, 3.05) is 26.3 Å². The highest BCUT2D eigenvalue weighted by molar-refractivity contribution is 5.77. The molecule has 0 radical (unpaired) electrons. The third kappa shape index (κ3) is 2.99. The quantitative estimate of drug-likeness (QED) is 0.741. The lowest BCUT2D eigenvalue weighted by molar-refractivity contribution is -0.158. The van der Waals surface area contributed by atoms with Gasteiger partial charge in [-0.25, -0.2) is 0 Å². The van der Waals surface area contributed by atoms with E-state index in [0.29, 0.717) is 6.61 Å². The monoisotopic (exact) mass is 241 g/mol. The van der Waals surface area contributed by atoms with Crippen LogP contribution in [0.1, 0.15) is 39.0 Å². The number of hydrogen-bond acceptors (Lipinski definition) is 4. The van der Waals surface area contributed by atoms with Gasteiger partial charge in [0.2, 0.25) is 0 Å². The molecule has 0 aromatic rings. The molecule has 1 N–H and O–H groups in total. The van der Waals surface area contributed by atoms with Gasteiger partial charge in [0.1, 0.15) is 6.61 Å². The van der Waals surface area contributed by atoms with Gasteiger partial charge >= 0.3 is 5.97 Å². The van der Waals surface area contributed by atoms with Crippen LogP contribution in [0.4, 0.5) is 0 Å². The molecule has 17 heavy (non-hydrogen) atoms. The van der Waals surface area contributed by atoms with Crippen LogP contribution in [0.2, 0.25) is 0 Å². The second kappa shape index (κ2) is 5.83. The van der Waals surface area contributed by atoms with Crippen molar-refractivity contribution in [3.8, 4) is 0 Å². The molecular weight excluding hydrogens is 218 g/mol. The Morgan fingerprint density at radius 2 is 2.47 bits per heavy atom. The van der Waals surface area contributed by atoms with E-state index in [2.05, 4.69) is 12.2 Å². The van der Waals surface area contributed by atoms with Crippen LogP contribution in [0, 0.1) is 5.41 Å². The number of hydrogen-bond donors (Lipinski definition) is 1. The first kappa shape index (κ1) is 12.8. The summed E-state index contributed by atoms with van der Waals surface area (Å²) in [4.78, 5) is 12.2. The van der Waals surface area contributed by atoms with Gasteiger partial charge in [0, 0.05) is 13.2 Å². The molecule has 2 unspecified atom stereocenters. The predicted octanol–water partition coefficient (Wildman–Crippen LogP) is 1.49. The van der Waals surface area contributed by atoms with Gasteiger partial charge in [-0.3, -0.25) is 4.79 Å². The molecular formula is C13H23NO3. The van der Waals surface area contributed by atoms with Crippen LogP contribution >= 0.6 is 0 Å². The molecule has 98 valence electrons. The molecule has 0 spiro atoms. The standard InChI is InChI=1S/C13H23NO3/c1-2-5-13(6-7-14-10-13)12(15)17-9-11-4-3-8-16-11/h11,14H,2-10H2,1H3. The fourth-order valence-corrected chi connectivity index (χ4v) is 2.81. The number of carbonyl (C=O) groups is 1. The first-order valence-electron chi connectivity index (χ1n) is 6.76. The minimum Gasteiger partial charge on any atom is -0.462 e. The topological polar surface area (TPSA) is 47.6 Å². The summed E-state index contributed by atoms with van der Waals surface area (Å²) in [5, 5.41) is 3.27. The van der Waals surface area contributed by atoms with Gasteiger partial charge in [-0.15, -0.1) is 0 Å². The molecule has 2 aliphatic heterocycles. The molecule has 2 fully saturated rings. The Balaban J connectivity index is 1.83. The summed E-state index contributed by atoms with van der Waals surface area (Å²) in [6.45, 7) is 5.06. The predicted molar refractivity (Wildman–Crippen MR) is 64.8 cm³/mol. The second-order valence-corrected chi connectivity index (χ2v) is 5.19. The van der Waals surface area contributed by atoms with Crippen molar-refractivity contribution in [1.29, 1.82) is 0 Å². The normalized spacial score (nSPS) is 32.9. The first-order valence-corrected chi connectivity index (χ1v) is 6.76. The van der Waals surface area contributed by atoms with E-state index < -0.39 is 0 Å². The largest absolute Gasteiger partial charge is 0.462 e. The van der Waals surface area contributed by atoms with E-state index in [9.17, 15) is 4.79 Å². The van der Waals surface area contributed by atoms with Crippen molar-refractivity contribution in [3.63, 3.8) is 0 Å². The maximum absolute atomic E-state index is 12.2. The van der Waals surface area contributed by atoms with Crippen LogP contribution in [0.25, 0.3) is 0 Å². The van der Waals surface area contributed by atoms with Crippen LogP contribution in [-0.2, 0) is 14.3 Å². The Bertz CT molecular complexity index is 255. The summed E-state index contributed by atoms with van der Waals surface area (Å²) < 4.78 is 10.9. The van der Waals surface area contributed by atoms with Crippen LogP contribution in [0.5, 0.6) is 0 Å². The van der Waals surface area contributed by atoms with E-state index >= 15 is 0 Å². The van der Waals surface area contributed by atoms with Gasteiger partial charge in [0.25, 0.3) is 0 Å². The maximum Gasteiger partial charge on any atom is 0.313 e. The Kier molecular flexibility index (Phi) is 4.40. The number of ether oxygens (including phenoxy) is 2. The van der Waals surface area contributed by atoms with Crippen molar-refractivity contribution in [2.45, 2.75) is 45.1 Å². The highest BCUT2D eigenvalue weighted by Gasteiger charge is 2.42. The van der Waals surface area contributed by atoms with Gasteiger partial charge in [-0.05, 0) is 32.2 Å². The molecule has 0 bridgehead atoms. The van der Waals surface area contributed by atoms with Crippen molar-refractivity contribution in [2.24, 2.45) is 5.41 Å². The minimum atomic E-state index is -0.270. The fraction of sp³-hybridized carbons (Fsp3) is 0.923. The van der Waals surface area contributed by atoms with Crippen molar-refractivity contribution >= 4 is 5.97 Å². The Labute approximate surface area is 103 Å². The summed E-state index contributed by atoms with van der Waals surface area (Å²) in [5.74, 6) is -0.0279. The minimum absolute atomic E-state index is 0.0279. The van der Waals surface area contributed by atoms with E-state index in [1.165, 1.54) is 0 Å². The zero-order valence-electron chi connectivity index (χ0n) is 10.7. The molecule has 2 saturated heterocycles. The zero-order valence-corrected chi connectivity index (χ0v) is 10.7. The number of carbonyl (C=O) groups excluding carboxylic acids is 1. The number of esters is 1. The van der Waals surface area contributed by atoms with Crippen LogP contribution in [-0.4, -0.2) is 38.4 Å². The lowest BCUT2D eigenvalue weighted by Gasteiger charge is -2.26. The Hall–Kier alpha value is -0.610. The lowest BCUT2D eigenvalue weighted by Crippen LogP contribution is -2.36. The Morgan fingerprint density at radius 3 is 3.06 bits per heavy atom. The maximum atomic E-state index is 12.2. The summed E-state index contributed by atoms with van der Waals surface area (Å²) in [5.41, 5.74) is -0.270. The van der Waals surface area contributed by atoms with Gasteiger partial charge in [-0.1, -0.05) is 13.3 Å². The molecule has 0 aromatic heterocycles. The number of rotatable bonds is 5. The smallest absolute Gasteiger partial charge is 0.313 e. The van der Waals surface area contributed by atoms with Gasteiger partial charge in [0.05, 0.1) is 11.5 Å². The zero-order chi connectivity index (χ0) is 12.1. The first-order chi connectivity index (χ1) is 8.27. The van der Waals surface area contributed by atoms with E-state index in [1.807, 2.05) is 0 Å². The molecule has 4 heteroatoms. The molecule has 0 amide bonds. The van der Waals surface area contributed by atoms with Crippen molar-refractivity contribution in [3.05, 3.63) is 0 Å². The summed E-state index contributed by atoms with van der Waals surface area (Å²) in [7, 11) is 0. The summed E-state index contributed by atoms with van der Waals surface area (Å²) in [6, 6.07) is 0.